The summed E-state index contributed by atoms with van der Waals surface area (Å²) >= 11 is 0. The van der Waals surface area contributed by atoms with Crippen LogP contribution in [0.4, 0.5) is 0 Å². The summed E-state index contributed by atoms with van der Waals surface area (Å²) in [5, 5.41) is 0. The highest BCUT2D eigenvalue weighted by molar-refractivity contribution is 6.09. The molecule has 0 atom stereocenters. The van der Waals surface area contributed by atoms with Crippen LogP contribution in [0, 0.1) is 0 Å². The Morgan fingerprint density at radius 1 is 0.944 bits per heavy atom. The number of rotatable bonds is 4. The van der Waals surface area contributed by atoms with Gasteiger partial charge in [-0.2, -0.15) is 0 Å². The van der Waals surface area contributed by atoms with Crippen LogP contribution in [0.25, 0.3) is 0 Å². The van der Waals surface area contributed by atoms with Gasteiger partial charge in [0, 0.05) is 16.7 Å². The molecule has 0 aliphatic heterocycles. The van der Waals surface area contributed by atoms with Crippen molar-refractivity contribution in [3.63, 3.8) is 0 Å². The van der Waals surface area contributed by atoms with Crippen molar-refractivity contribution in [3.05, 3.63) is 65.2 Å². The number of carbonyl (C=O) groups is 2. The van der Waals surface area contributed by atoms with Crippen molar-refractivity contribution in [1.82, 2.24) is 0 Å². The van der Waals surface area contributed by atoms with Crippen LogP contribution in [0.3, 0.4) is 0 Å². The zero-order valence-electron chi connectivity index (χ0n) is 9.92. The van der Waals surface area contributed by atoms with Gasteiger partial charge in [0.1, 0.15) is 12.0 Å². The second kappa shape index (κ2) is 5.27. The molecule has 0 fully saturated rings. The lowest BCUT2D eigenvalue weighted by Gasteiger charge is -2.03. The van der Waals surface area contributed by atoms with Crippen molar-refractivity contribution in [2.75, 3.05) is 7.11 Å². The maximum absolute atomic E-state index is 12.1. The number of hydrogen-bond acceptors (Lipinski definition) is 3. The van der Waals surface area contributed by atoms with Gasteiger partial charge in [-0.3, -0.25) is 9.59 Å². The van der Waals surface area contributed by atoms with Gasteiger partial charge >= 0.3 is 0 Å². The third kappa shape index (κ3) is 2.46. The first kappa shape index (κ1) is 12.0. The molecule has 0 saturated carbocycles. The second-order valence-electron chi connectivity index (χ2n) is 3.80. The topological polar surface area (TPSA) is 43.4 Å². The van der Waals surface area contributed by atoms with Crippen LogP contribution in [0.1, 0.15) is 26.3 Å². The van der Waals surface area contributed by atoms with E-state index in [1.165, 1.54) is 0 Å². The number of ketones is 1. The molecule has 0 unspecified atom stereocenters. The number of ether oxygens (including phenoxy) is 1. The summed E-state index contributed by atoms with van der Waals surface area (Å²) in [6, 6.07) is 13.5. The highest BCUT2D eigenvalue weighted by Gasteiger charge is 2.08. The molecule has 0 N–H and O–H groups in total. The summed E-state index contributed by atoms with van der Waals surface area (Å²) in [5.74, 6) is 0.637. The van der Waals surface area contributed by atoms with Gasteiger partial charge in [-0.1, -0.05) is 24.3 Å². The SMILES string of the molecule is COc1ccc(C(=O)c2ccc(C=O)cc2)cc1. The lowest BCUT2D eigenvalue weighted by Crippen LogP contribution is -2.01. The molecule has 0 aliphatic carbocycles. The minimum atomic E-state index is -0.0740. The van der Waals surface area contributed by atoms with E-state index in [0.717, 1.165) is 6.29 Å². The summed E-state index contributed by atoms with van der Waals surface area (Å²) in [5.41, 5.74) is 1.71. The first-order valence-electron chi connectivity index (χ1n) is 5.48. The van der Waals surface area contributed by atoms with Crippen LogP contribution < -0.4 is 4.74 Å². The monoisotopic (exact) mass is 240 g/mol. The first-order valence-corrected chi connectivity index (χ1v) is 5.48. The van der Waals surface area contributed by atoms with Gasteiger partial charge in [0.25, 0.3) is 0 Å². The molecule has 0 aliphatic rings. The van der Waals surface area contributed by atoms with Crippen LogP contribution in [-0.2, 0) is 0 Å². The Morgan fingerprint density at radius 2 is 1.44 bits per heavy atom. The van der Waals surface area contributed by atoms with E-state index < -0.39 is 0 Å². The molecule has 2 rings (SSSR count). The van der Waals surface area contributed by atoms with E-state index >= 15 is 0 Å². The molecule has 2 aromatic rings. The fraction of sp³-hybridized carbons (Fsp3) is 0.0667. The van der Waals surface area contributed by atoms with E-state index in [1.54, 1.807) is 55.6 Å². The number of carbonyl (C=O) groups excluding carboxylic acids is 2. The summed E-state index contributed by atoms with van der Waals surface area (Å²) in [7, 11) is 1.58. The molecular weight excluding hydrogens is 228 g/mol. The maximum Gasteiger partial charge on any atom is 0.193 e. The minimum Gasteiger partial charge on any atom is -0.497 e. The molecule has 0 amide bonds. The summed E-state index contributed by atoms with van der Waals surface area (Å²) in [4.78, 5) is 22.6. The van der Waals surface area contributed by atoms with Gasteiger partial charge < -0.3 is 4.74 Å². The Morgan fingerprint density at radius 3 is 1.89 bits per heavy atom. The van der Waals surface area contributed by atoms with E-state index in [-0.39, 0.29) is 5.78 Å². The normalized spacial score (nSPS) is 9.83. The van der Waals surface area contributed by atoms with Crippen LogP contribution >= 0.6 is 0 Å². The smallest absolute Gasteiger partial charge is 0.193 e. The van der Waals surface area contributed by atoms with Crippen molar-refractivity contribution in [3.8, 4) is 5.75 Å². The van der Waals surface area contributed by atoms with Gasteiger partial charge in [0.05, 0.1) is 7.11 Å². The highest BCUT2D eigenvalue weighted by atomic mass is 16.5. The molecule has 0 aromatic heterocycles. The number of methoxy groups -OCH3 is 1. The lowest BCUT2D eigenvalue weighted by molar-refractivity contribution is 0.103. The Hall–Kier alpha value is -2.42. The fourth-order valence-electron chi connectivity index (χ4n) is 1.62. The Balaban J connectivity index is 2.26. The van der Waals surface area contributed by atoms with Gasteiger partial charge in [0.2, 0.25) is 0 Å². The third-order valence-corrected chi connectivity index (χ3v) is 2.66. The average molecular weight is 240 g/mol. The molecule has 0 radical (unpaired) electrons. The zero-order chi connectivity index (χ0) is 13.0. The van der Waals surface area contributed by atoms with E-state index in [4.69, 9.17) is 4.74 Å². The molecule has 3 heteroatoms. The zero-order valence-corrected chi connectivity index (χ0v) is 9.92. The van der Waals surface area contributed by atoms with E-state index in [2.05, 4.69) is 0 Å². The minimum absolute atomic E-state index is 0.0740. The van der Waals surface area contributed by atoms with Crippen molar-refractivity contribution in [1.29, 1.82) is 0 Å². The van der Waals surface area contributed by atoms with Gasteiger partial charge in [-0.15, -0.1) is 0 Å². The fourth-order valence-corrected chi connectivity index (χ4v) is 1.62. The standard InChI is InChI=1S/C15H12O3/c1-18-14-8-6-13(7-9-14)15(17)12-4-2-11(10-16)3-5-12/h2-10H,1H3. The quantitative estimate of drug-likeness (QED) is 0.609. The largest absolute Gasteiger partial charge is 0.497 e. The predicted molar refractivity (Wildman–Crippen MR) is 68.3 cm³/mol. The third-order valence-electron chi connectivity index (χ3n) is 2.66. The molecule has 0 bridgehead atoms. The second-order valence-corrected chi connectivity index (χ2v) is 3.80. The van der Waals surface area contributed by atoms with E-state index in [0.29, 0.717) is 22.4 Å². The van der Waals surface area contributed by atoms with Gasteiger partial charge in [-0.05, 0) is 24.3 Å². The lowest BCUT2D eigenvalue weighted by atomic mass is 10.0. The number of hydrogen-bond donors (Lipinski definition) is 0. The summed E-state index contributed by atoms with van der Waals surface area (Å²) < 4.78 is 5.03. The Bertz CT molecular complexity index is 553. The predicted octanol–water partition coefficient (Wildman–Crippen LogP) is 2.74. The van der Waals surface area contributed by atoms with E-state index in [9.17, 15) is 9.59 Å². The van der Waals surface area contributed by atoms with E-state index in [1.807, 2.05) is 0 Å². The molecule has 90 valence electrons. The summed E-state index contributed by atoms with van der Waals surface area (Å²) in [6.45, 7) is 0. The maximum atomic E-state index is 12.1. The molecule has 3 nitrogen and oxygen atoms in total. The highest BCUT2D eigenvalue weighted by Crippen LogP contribution is 2.15. The molecule has 0 heterocycles. The van der Waals surface area contributed by atoms with Crippen molar-refractivity contribution >= 4 is 12.1 Å². The summed E-state index contributed by atoms with van der Waals surface area (Å²) in [6.07, 6.45) is 0.752. The van der Waals surface area contributed by atoms with Crippen molar-refractivity contribution in [2.45, 2.75) is 0 Å². The number of benzene rings is 2. The van der Waals surface area contributed by atoms with Crippen molar-refractivity contribution < 1.29 is 14.3 Å². The Kier molecular flexibility index (Phi) is 3.53. The van der Waals surface area contributed by atoms with Gasteiger partial charge in [-0.25, -0.2) is 0 Å². The molecular formula is C15H12O3. The van der Waals surface area contributed by atoms with Crippen LogP contribution in [-0.4, -0.2) is 19.2 Å². The van der Waals surface area contributed by atoms with Crippen LogP contribution in [0.2, 0.25) is 0 Å². The number of aldehydes is 1. The van der Waals surface area contributed by atoms with Crippen LogP contribution in [0.5, 0.6) is 5.75 Å². The van der Waals surface area contributed by atoms with Crippen molar-refractivity contribution in [2.24, 2.45) is 0 Å². The molecule has 0 saturated heterocycles. The Labute approximate surface area is 105 Å². The van der Waals surface area contributed by atoms with Gasteiger partial charge in [0.15, 0.2) is 5.78 Å². The molecule has 18 heavy (non-hydrogen) atoms. The van der Waals surface area contributed by atoms with Crippen LogP contribution in [0.15, 0.2) is 48.5 Å². The molecule has 0 spiro atoms. The average Bonchev–Trinajstić information content (AvgIpc) is 2.47. The first-order chi connectivity index (χ1) is 8.74. The molecule has 2 aromatic carbocycles.